The maximum Gasteiger partial charge on any atom is 0.316 e. The topological polar surface area (TPSA) is 55.4 Å². The van der Waals surface area contributed by atoms with Crippen LogP contribution in [0, 0.1) is 6.92 Å². The largest absolute Gasteiger partial charge is 0.455 e. The summed E-state index contributed by atoms with van der Waals surface area (Å²) in [5, 5.41) is 5.02. The number of hydrogen-bond acceptors (Lipinski definition) is 4. The minimum absolute atomic E-state index is 0.163. The van der Waals surface area contributed by atoms with Crippen LogP contribution in [-0.2, 0) is 14.3 Å². The van der Waals surface area contributed by atoms with Gasteiger partial charge < -0.3 is 10.1 Å². The lowest BCUT2D eigenvalue weighted by molar-refractivity contribution is -0.144. The van der Waals surface area contributed by atoms with Crippen LogP contribution in [0.3, 0.4) is 0 Å². The third kappa shape index (κ3) is 4.86. The Bertz CT molecular complexity index is 939. The molecule has 26 heavy (non-hydrogen) atoms. The van der Waals surface area contributed by atoms with Gasteiger partial charge in [0.05, 0.1) is 5.75 Å². The fourth-order valence-electron chi connectivity index (χ4n) is 2.49. The monoisotopic (exact) mass is 365 g/mol. The molecular weight excluding hydrogens is 346 g/mol. The quantitative estimate of drug-likeness (QED) is 0.519. The van der Waals surface area contributed by atoms with Crippen molar-refractivity contribution >= 4 is 40.1 Å². The van der Waals surface area contributed by atoms with E-state index < -0.39 is 5.97 Å². The van der Waals surface area contributed by atoms with Crippen molar-refractivity contribution in [3.63, 3.8) is 0 Å². The van der Waals surface area contributed by atoms with Gasteiger partial charge in [0.15, 0.2) is 6.61 Å². The molecule has 0 aliphatic rings. The number of thioether (sulfide) groups is 1. The summed E-state index contributed by atoms with van der Waals surface area (Å²) in [6, 6.07) is 21.6. The number of nitrogens with one attached hydrogen (secondary N) is 1. The Morgan fingerprint density at radius 2 is 1.69 bits per heavy atom. The highest BCUT2D eigenvalue weighted by Gasteiger charge is 2.09. The van der Waals surface area contributed by atoms with Crippen molar-refractivity contribution in [3.8, 4) is 0 Å². The van der Waals surface area contributed by atoms with Crippen molar-refractivity contribution in [1.82, 2.24) is 0 Å². The van der Waals surface area contributed by atoms with Crippen LogP contribution < -0.4 is 5.32 Å². The molecule has 0 radical (unpaired) electrons. The van der Waals surface area contributed by atoms with Gasteiger partial charge in [-0.25, -0.2) is 0 Å². The molecule has 0 atom stereocenters. The highest BCUT2D eigenvalue weighted by Crippen LogP contribution is 2.23. The molecule has 1 N–H and O–H groups in total. The van der Waals surface area contributed by atoms with E-state index in [1.54, 1.807) is 0 Å². The van der Waals surface area contributed by atoms with E-state index in [4.69, 9.17) is 4.74 Å². The average Bonchev–Trinajstić information content (AvgIpc) is 2.66. The summed E-state index contributed by atoms with van der Waals surface area (Å²) in [5.74, 6) is -0.595. The number of carbonyl (C=O) groups is 2. The third-order valence-corrected chi connectivity index (χ3v) is 4.83. The van der Waals surface area contributed by atoms with E-state index in [2.05, 4.69) is 5.32 Å². The lowest BCUT2D eigenvalue weighted by atomic mass is 10.1. The summed E-state index contributed by atoms with van der Waals surface area (Å²) >= 11 is 1.40. The smallest absolute Gasteiger partial charge is 0.316 e. The number of anilines is 1. The number of hydrogen-bond donors (Lipinski definition) is 1. The van der Waals surface area contributed by atoms with E-state index in [0.29, 0.717) is 0 Å². The summed E-state index contributed by atoms with van der Waals surface area (Å²) in [4.78, 5) is 24.8. The van der Waals surface area contributed by atoms with Gasteiger partial charge >= 0.3 is 5.97 Å². The highest BCUT2D eigenvalue weighted by atomic mass is 32.2. The first-order chi connectivity index (χ1) is 12.6. The Labute approximate surface area is 156 Å². The van der Waals surface area contributed by atoms with Crippen molar-refractivity contribution in [2.75, 3.05) is 17.7 Å². The van der Waals surface area contributed by atoms with Crippen LogP contribution >= 0.6 is 11.8 Å². The molecule has 0 unspecified atom stereocenters. The van der Waals surface area contributed by atoms with Crippen LogP contribution in [0.15, 0.2) is 71.6 Å². The molecule has 3 aromatic rings. The van der Waals surface area contributed by atoms with Crippen LogP contribution in [0.25, 0.3) is 10.8 Å². The molecule has 4 nitrogen and oxygen atoms in total. The van der Waals surface area contributed by atoms with Crippen LogP contribution in [0.2, 0.25) is 0 Å². The van der Waals surface area contributed by atoms with Crippen molar-refractivity contribution in [2.45, 2.75) is 11.8 Å². The van der Waals surface area contributed by atoms with E-state index in [1.807, 2.05) is 73.7 Å². The standard InChI is InChI=1S/C21H19NO3S/c1-15-6-2-5-9-19(15)22-20(23)13-25-21(24)14-26-18-11-10-16-7-3-4-8-17(16)12-18/h2-12H,13-14H2,1H3,(H,22,23). The van der Waals surface area contributed by atoms with E-state index in [9.17, 15) is 9.59 Å². The van der Waals surface area contributed by atoms with Gasteiger partial charge in [0.1, 0.15) is 0 Å². The predicted octanol–water partition coefficient (Wildman–Crippen LogP) is 4.42. The van der Waals surface area contributed by atoms with Gasteiger partial charge in [-0.15, -0.1) is 11.8 Å². The zero-order chi connectivity index (χ0) is 18.4. The Morgan fingerprint density at radius 1 is 0.962 bits per heavy atom. The van der Waals surface area contributed by atoms with Crippen molar-refractivity contribution in [2.24, 2.45) is 0 Å². The normalized spacial score (nSPS) is 10.5. The Kier molecular flexibility index (Phi) is 5.92. The number of amides is 1. The number of rotatable bonds is 6. The molecule has 0 bridgehead atoms. The zero-order valence-electron chi connectivity index (χ0n) is 14.4. The minimum Gasteiger partial charge on any atom is -0.455 e. The van der Waals surface area contributed by atoms with Gasteiger partial charge in [-0.1, -0.05) is 48.5 Å². The fourth-order valence-corrected chi connectivity index (χ4v) is 3.23. The minimum atomic E-state index is -0.414. The van der Waals surface area contributed by atoms with Crippen molar-refractivity contribution in [1.29, 1.82) is 0 Å². The summed E-state index contributed by atoms with van der Waals surface area (Å²) in [6.07, 6.45) is 0. The first kappa shape index (κ1) is 18.0. The first-order valence-electron chi connectivity index (χ1n) is 8.24. The van der Waals surface area contributed by atoms with Gasteiger partial charge in [0, 0.05) is 10.6 Å². The number of ether oxygens (including phenoxy) is 1. The number of carbonyl (C=O) groups excluding carboxylic acids is 2. The lowest BCUT2D eigenvalue weighted by Gasteiger charge is -2.09. The second kappa shape index (κ2) is 8.54. The molecule has 132 valence electrons. The van der Waals surface area contributed by atoms with Crippen LogP contribution in [0.5, 0.6) is 0 Å². The Hall–Kier alpha value is -2.79. The maximum absolute atomic E-state index is 11.9. The number of para-hydroxylation sites is 1. The zero-order valence-corrected chi connectivity index (χ0v) is 15.2. The Morgan fingerprint density at radius 3 is 2.50 bits per heavy atom. The van der Waals surface area contributed by atoms with Crippen molar-refractivity contribution in [3.05, 3.63) is 72.3 Å². The second-order valence-electron chi connectivity index (χ2n) is 5.82. The molecule has 0 aromatic heterocycles. The van der Waals surface area contributed by atoms with Gasteiger partial charge in [0.25, 0.3) is 5.91 Å². The molecule has 0 heterocycles. The van der Waals surface area contributed by atoms with Crippen LogP contribution in [0.4, 0.5) is 5.69 Å². The number of esters is 1. The van der Waals surface area contributed by atoms with Gasteiger partial charge in [-0.2, -0.15) is 0 Å². The number of fused-ring (bicyclic) bond motifs is 1. The summed E-state index contributed by atoms with van der Waals surface area (Å²) < 4.78 is 5.05. The molecule has 0 saturated heterocycles. The summed E-state index contributed by atoms with van der Waals surface area (Å²) in [5.41, 5.74) is 1.68. The number of aryl methyl sites for hydroxylation is 1. The molecule has 5 heteroatoms. The lowest BCUT2D eigenvalue weighted by Crippen LogP contribution is -2.22. The molecule has 3 rings (SSSR count). The molecule has 0 saturated carbocycles. The first-order valence-corrected chi connectivity index (χ1v) is 9.23. The average molecular weight is 365 g/mol. The molecule has 1 amide bonds. The molecule has 0 aliphatic heterocycles. The summed E-state index contributed by atoms with van der Waals surface area (Å²) in [6.45, 7) is 1.62. The van der Waals surface area contributed by atoms with E-state index >= 15 is 0 Å². The molecule has 0 spiro atoms. The number of benzene rings is 3. The second-order valence-corrected chi connectivity index (χ2v) is 6.87. The molecule has 0 fully saturated rings. The van der Waals surface area contributed by atoms with Gasteiger partial charge in [-0.3, -0.25) is 9.59 Å². The van der Waals surface area contributed by atoms with Crippen LogP contribution in [-0.4, -0.2) is 24.2 Å². The summed E-state index contributed by atoms with van der Waals surface area (Å²) in [7, 11) is 0. The van der Waals surface area contributed by atoms with Crippen molar-refractivity contribution < 1.29 is 14.3 Å². The fraction of sp³-hybridized carbons (Fsp3) is 0.143. The third-order valence-electron chi connectivity index (χ3n) is 3.86. The molecule has 3 aromatic carbocycles. The predicted molar refractivity (Wildman–Crippen MR) is 105 cm³/mol. The van der Waals surface area contributed by atoms with Crippen LogP contribution in [0.1, 0.15) is 5.56 Å². The maximum atomic E-state index is 11.9. The van der Waals surface area contributed by atoms with Gasteiger partial charge in [-0.05, 0) is 41.5 Å². The highest BCUT2D eigenvalue weighted by molar-refractivity contribution is 8.00. The van der Waals surface area contributed by atoms with Gasteiger partial charge in [0.2, 0.25) is 0 Å². The SMILES string of the molecule is Cc1ccccc1NC(=O)COC(=O)CSc1ccc2ccccc2c1. The Balaban J connectivity index is 1.46. The molecule has 0 aliphatic carbocycles. The van der Waals surface area contributed by atoms with E-state index in [-0.39, 0.29) is 18.3 Å². The van der Waals surface area contributed by atoms with E-state index in [0.717, 1.165) is 26.9 Å². The molecular formula is C21H19NO3S. The van der Waals surface area contributed by atoms with E-state index in [1.165, 1.54) is 11.8 Å².